The molecule has 6 amide bonds. The normalized spacial score (nSPS) is 22.5. The Kier molecular flexibility index (Phi) is 23.4. The maximum absolute atomic E-state index is 14.9. The molecule has 4 unspecified atom stereocenters. The summed E-state index contributed by atoms with van der Waals surface area (Å²) in [6, 6.07) is 17.5. The van der Waals surface area contributed by atoms with E-state index < -0.39 is 76.9 Å². The van der Waals surface area contributed by atoms with Crippen LogP contribution in [0.15, 0.2) is 78.9 Å². The lowest BCUT2D eigenvalue weighted by Gasteiger charge is -2.43. The van der Waals surface area contributed by atoms with Crippen LogP contribution in [0.2, 0.25) is 0 Å². The van der Waals surface area contributed by atoms with Gasteiger partial charge in [-0.3, -0.25) is 38.6 Å². The number of nitrogens with zero attached hydrogens (tertiary/aromatic N) is 4. The summed E-state index contributed by atoms with van der Waals surface area (Å²) in [6.45, 7) is 12.1. The molecule has 0 bridgehead atoms. The highest BCUT2D eigenvalue weighted by atomic mass is 35.5. The van der Waals surface area contributed by atoms with Gasteiger partial charge in [0.15, 0.2) is 0 Å². The molecule has 0 aliphatic carbocycles. The van der Waals surface area contributed by atoms with E-state index >= 15 is 0 Å². The third-order valence-corrected chi connectivity index (χ3v) is 16.5. The van der Waals surface area contributed by atoms with E-state index in [1.54, 1.807) is 56.1 Å². The Morgan fingerprint density at radius 1 is 0.831 bits per heavy atom. The van der Waals surface area contributed by atoms with Gasteiger partial charge >= 0.3 is 0 Å². The van der Waals surface area contributed by atoms with E-state index in [4.69, 9.17) is 9.47 Å². The Balaban J connectivity index is 0.00000369. The number of halogens is 6. The number of likely N-dealkylation sites (N-methyl/N-ethyl adjacent to an activating group) is 1. The van der Waals surface area contributed by atoms with Gasteiger partial charge in [0, 0.05) is 88.4 Å². The fourth-order valence-corrected chi connectivity index (χ4v) is 11.6. The van der Waals surface area contributed by atoms with Gasteiger partial charge in [-0.15, -0.1) is 37.2 Å². The summed E-state index contributed by atoms with van der Waals surface area (Å²) in [5.41, 5.74) is 2.55. The molecule has 3 saturated heterocycles. The van der Waals surface area contributed by atoms with Crippen LogP contribution in [0.4, 0.5) is 30.2 Å². The number of para-hydroxylation sites is 1. The number of piperazine rings is 1. The number of carbonyl (C=O) groups is 6. The number of amides is 6. The quantitative estimate of drug-likeness (QED) is 0.0817. The molecule has 4 aromatic carbocycles. The van der Waals surface area contributed by atoms with E-state index in [0.29, 0.717) is 86.8 Å². The van der Waals surface area contributed by atoms with Crippen LogP contribution in [0, 0.1) is 23.4 Å². The molecule has 83 heavy (non-hydrogen) atoms. The average Bonchev–Trinajstić information content (AvgIpc) is 3.81. The van der Waals surface area contributed by atoms with Crippen molar-refractivity contribution >= 4 is 89.7 Å². The number of anilines is 3. The molecule has 6 N–H and O–H groups in total. The molecule has 7 atom stereocenters. The Labute approximate surface area is 501 Å². The maximum atomic E-state index is 14.9. The lowest BCUT2D eigenvalue weighted by Crippen LogP contribution is -2.62. The van der Waals surface area contributed by atoms with Crippen molar-refractivity contribution in [1.82, 2.24) is 36.0 Å². The molecule has 0 saturated carbocycles. The van der Waals surface area contributed by atoms with Crippen molar-refractivity contribution in [3.63, 3.8) is 0 Å². The smallest absolute Gasteiger partial charge is 0.247 e. The van der Waals surface area contributed by atoms with Crippen molar-refractivity contribution in [1.29, 1.82) is 0 Å². The molecule has 3 fully saturated rings. The minimum atomic E-state index is -1.27. The van der Waals surface area contributed by atoms with Gasteiger partial charge in [0.1, 0.15) is 35.2 Å². The molecule has 24 heteroatoms. The van der Waals surface area contributed by atoms with Gasteiger partial charge in [-0.25, -0.2) is 13.2 Å². The molecule has 18 nitrogen and oxygen atoms in total. The molecule has 0 spiro atoms. The van der Waals surface area contributed by atoms with Crippen molar-refractivity contribution in [2.24, 2.45) is 5.92 Å². The highest BCUT2D eigenvalue weighted by Gasteiger charge is 2.48. The number of hydrogen-bond acceptors (Lipinski definition) is 12. The van der Waals surface area contributed by atoms with E-state index in [2.05, 4.69) is 55.5 Å². The summed E-state index contributed by atoms with van der Waals surface area (Å²) >= 11 is 0. The van der Waals surface area contributed by atoms with Crippen molar-refractivity contribution in [2.45, 2.75) is 102 Å². The molecule has 5 aliphatic rings. The number of nitrogens with one attached hydrogen (secondary N) is 6. The summed E-state index contributed by atoms with van der Waals surface area (Å²) in [7, 11) is 1.61. The summed E-state index contributed by atoms with van der Waals surface area (Å²) in [6.07, 6.45) is 1.30. The molecule has 0 aromatic heterocycles. The number of ether oxygens (including phenoxy) is 2. The number of benzene rings is 4. The topological polar surface area (TPSA) is 206 Å². The van der Waals surface area contributed by atoms with Gasteiger partial charge in [0.25, 0.3) is 0 Å². The molecular weight excluding hydrogens is 1140 g/mol. The SMILES string of the molecule is CNC(C)C(=O)NC(C(=O)N1Cc2cc(NC(=O)CNC(=O)C3(C)CN(C(=O)CN4C[C@@H](C)NC[C@@H]4CN4CCOCC4C)c4cc(Cc5ccc(F)cc5)ccc43)ccc2C[C@H]1C(=O)Nc1c(F)cccc1F)C1CCOCC1.Cl.Cl.Cl. The fourth-order valence-electron chi connectivity index (χ4n) is 11.6. The molecule has 5 heterocycles. The number of rotatable bonds is 17. The second-order valence-corrected chi connectivity index (χ2v) is 22.2. The van der Waals surface area contributed by atoms with Gasteiger partial charge in [-0.05, 0) is 130 Å². The summed E-state index contributed by atoms with van der Waals surface area (Å²) < 4.78 is 55.0. The first-order chi connectivity index (χ1) is 38.4. The predicted molar refractivity (Wildman–Crippen MR) is 317 cm³/mol. The van der Waals surface area contributed by atoms with Gasteiger partial charge in [-0.1, -0.05) is 36.4 Å². The Bertz CT molecular complexity index is 2940. The first kappa shape index (κ1) is 66.3. The summed E-state index contributed by atoms with van der Waals surface area (Å²) in [5.74, 6) is -5.74. The van der Waals surface area contributed by atoms with Crippen LogP contribution in [-0.4, -0.2) is 166 Å². The molecule has 5 aliphatic heterocycles. The number of carbonyl (C=O) groups excluding carboxylic acids is 6. The minimum Gasteiger partial charge on any atom is -0.381 e. The van der Waals surface area contributed by atoms with Gasteiger partial charge in [-0.2, -0.15) is 0 Å². The zero-order valence-corrected chi connectivity index (χ0v) is 49.7. The van der Waals surface area contributed by atoms with E-state index in [1.165, 1.54) is 23.1 Å². The zero-order chi connectivity index (χ0) is 56.8. The van der Waals surface area contributed by atoms with Crippen molar-refractivity contribution < 1.29 is 51.4 Å². The molecule has 4 aromatic rings. The monoisotopic (exact) mass is 1210 g/mol. The minimum absolute atomic E-state index is 0. The molecule has 452 valence electrons. The largest absolute Gasteiger partial charge is 0.381 e. The van der Waals surface area contributed by atoms with E-state index in [1.807, 2.05) is 18.2 Å². The first-order valence-corrected chi connectivity index (χ1v) is 27.7. The molecular formula is C59H76Cl3F3N10O8. The van der Waals surface area contributed by atoms with E-state index in [-0.39, 0.29) is 99.0 Å². The second kappa shape index (κ2) is 29.3. The third-order valence-electron chi connectivity index (χ3n) is 16.5. The predicted octanol–water partition coefficient (Wildman–Crippen LogP) is 5.11. The highest BCUT2D eigenvalue weighted by molar-refractivity contribution is 6.04. The van der Waals surface area contributed by atoms with Crippen LogP contribution >= 0.6 is 37.2 Å². The van der Waals surface area contributed by atoms with Gasteiger partial charge in [0.2, 0.25) is 35.4 Å². The first-order valence-electron chi connectivity index (χ1n) is 27.7. The third kappa shape index (κ3) is 15.5. The van der Waals surface area contributed by atoms with Crippen LogP contribution in [0.1, 0.15) is 68.4 Å². The van der Waals surface area contributed by atoms with Crippen molar-refractivity contribution in [2.75, 3.05) is 94.8 Å². The van der Waals surface area contributed by atoms with E-state index in [9.17, 15) is 41.9 Å². The molecule has 0 radical (unpaired) electrons. The molecule has 9 rings (SSSR count). The lowest BCUT2D eigenvalue weighted by molar-refractivity contribution is -0.145. The van der Waals surface area contributed by atoms with Crippen LogP contribution in [0.25, 0.3) is 0 Å². The Hall–Kier alpha value is -5.88. The summed E-state index contributed by atoms with van der Waals surface area (Å²) in [5, 5.41) is 17.4. The summed E-state index contributed by atoms with van der Waals surface area (Å²) in [4.78, 5) is 93.2. The highest BCUT2D eigenvalue weighted by Crippen LogP contribution is 2.42. The van der Waals surface area contributed by atoms with Crippen LogP contribution in [0.3, 0.4) is 0 Å². The fraction of sp³-hybridized carbons (Fsp3) is 0.492. The standard InChI is InChI=1S/C59H73F3N10O8.3ClH/c1-35-29-70(45(27-64-35)31-69-19-22-80-33-36(69)2)32-52(74)72-34-59(4,46-16-11-39(24-49(46)72)23-38-9-13-43(60)14-10-38)58(78)65-28-51(73)66-44-15-12-41-26-50(56(76)68-54-47(61)7-6-8-48(54)62)71(30-42(41)25-44)57(77)53(40-17-20-79-21-18-40)67-55(75)37(3)63-5;;;/h6-16,24-25,35-37,40,45,50,53,63-64H,17-23,26-34H2,1-5H3,(H,65,78)(H,66,73)(H,67,75)(H,68,76);3*1H/t35-,36?,37?,45-,50+,53?,59?;;;/m1.../s1. The van der Waals surface area contributed by atoms with Gasteiger partial charge < -0.3 is 51.2 Å². The lowest BCUT2D eigenvalue weighted by atomic mass is 9.83. The Morgan fingerprint density at radius 3 is 2.24 bits per heavy atom. The van der Waals surface area contributed by atoms with Crippen LogP contribution < -0.4 is 36.8 Å². The number of morpholine rings is 1. The number of hydrogen-bond donors (Lipinski definition) is 6. The van der Waals surface area contributed by atoms with Crippen molar-refractivity contribution in [3.05, 3.63) is 124 Å². The van der Waals surface area contributed by atoms with Crippen LogP contribution in [-0.2, 0) is 63.0 Å². The Morgan fingerprint density at radius 2 is 1.54 bits per heavy atom. The van der Waals surface area contributed by atoms with Crippen molar-refractivity contribution in [3.8, 4) is 0 Å². The van der Waals surface area contributed by atoms with Crippen LogP contribution in [0.5, 0.6) is 0 Å². The van der Waals surface area contributed by atoms with E-state index in [0.717, 1.165) is 36.3 Å². The maximum Gasteiger partial charge on any atom is 0.247 e. The average molecular weight is 1220 g/mol. The van der Waals surface area contributed by atoms with Gasteiger partial charge in [0.05, 0.1) is 37.8 Å². The second-order valence-electron chi connectivity index (χ2n) is 22.2. The number of fused-ring (bicyclic) bond motifs is 2. The zero-order valence-electron chi connectivity index (χ0n) is 47.3.